The Balaban J connectivity index is 3.07. The van der Waals surface area contributed by atoms with Crippen LogP contribution in [-0.4, -0.2) is 24.8 Å². The number of hydrogen-bond acceptors (Lipinski definition) is 3. The molecule has 0 amide bonds. The number of aliphatic hydroxyl groups is 1. The Morgan fingerprint density at radius 2 is 1.44 bits per heavy atom. The zero-order valence-electron chi connectivity index (χ0n) is 11.7. The van der Waals surface area contributed by atoms with Crippen LogP contribution in [0, 0.1) is 0 Å². The van der Waals surface area contributed by atoms with E-state index in [-0.39, 0.29) is 5.97 Å². The lowest BCUT2D eigenvalue weighted by atomic mass is 10.1. The van der Waals surface area contributed by atoms with E-state index in [1.165, 1.54) is 51.7 Å². The van der Waals surface area contributed by atoms with Crippen LogP contribution in [0.4, 0.5) is 0 Å². The molecule has 0 fully saturated rings. The molecule has 0 saturated carbocycles. The maximum atomic E-state index is 10.8. The summed E-state index contributed by atoms with van der Waals surface area (Å²) >= 11 is 0. The lowest BCUT2D eigenvalue weighted by molar-refractivity contribution is -0.134. The molecule has 1 N–H and O–H groups in total. The Bertz CT molecular complexity index is 212. The van der Waals surface area contributed by atoms with Gasteiger partial charge in [0.15, 0.2) is 0 Å². The Kier molecular flexibility index (Phi) is 13.6. The van der Waals surface area contributed by atoms with Gasteiger partial charge in [0.25, 0.3) is 0 Å². The third-order valence-corrected chi connectivity index (χ3v) is 2.98. The van der Waals surface area contributed by atoms with Gasteiger partial charge < -0.3 is 9.84 Å². The molecule has 0 aromatic heterocycles. The summed E-state index contributed by atoms with van der Waals surface area (Å²) in [6.45, 7) is 0.332. The summed E-state index contributed by atoms with van der Waals surface area (Å²) < 4.78 is 4.51. The first-order chi connectivity index (χ1) is 8.81. The molecule has 0 unspecified atom stereocenters. The molecule has 0 heterocycles. The monoisotopic (exact) mass is 256 g/mol. The van der Waals surface area contributed by atoms with Gasteiger partial charge in [-0.2, -0.15) is 0 Å². The Labute approximate surface area is 111 Å². The molecule has 0 aromatic rings. The summed E-state index contributed by atoms with van der Waals surface area (Å²) in [6.07, 6.45) is 15.3. The number of esters is 1. The van der Waals surface area contributed by atoms with Gasteiger partial charge in [0.1, 0.15) is 0 Å². The number of rotatable bonds is 12. The first-order valence-corrected chi connectivity index (χ1v) is 7.16. The number of unbranched alkanes of at least 4 members (excludes halogenated alkanes) is 9. The van der Waals surface area contributed by atoms with E-state index in [2.05, 4.69) is 4.74 Å². The summed E-state index contributed by atoms with van der Waals surface area (Å²) in [5, 5.41) is 8.63. The third-order valence-electron chi connectivity index (χ3n) is 2.98. The van der Waals surface area contributed by atoms with E-state index < -0.39 is 0 Å². The lowest BCUT2D eigenvalue weighted by Gasteiger charge is -2.01. The van der Waals surface area contributed by atoms with Crippen LogP contribution >= 0.6 is 0 Å². The highest BCUT2D eigenvalue weighted by atomic mass is 16.5. The van der Waals surface area contributed by atoms with Crippen LogP contribution in [0.3, 0.4) is 0 Å². The summed E-state index contributed by atoms with van der Waals surface area (Å²) in [5.74, 6) is -0.266. The summed E-state index contributed by atoms with van der Waals surface area (Å²) in [4.78, 5) is 10.8. The highest BCUT2D eigenvalue weighted by Crippen LogP contribution is 2.10. The average Bonchev–Trinajstić information content (AvgIpc) is 2.39. The number of hydrogen-bond donors (Lipinski definition) is 1. The quantitative estimate of drug-likeness (QED) is 0.329. The Morgan fingerprint density at radius 1 is 0.944 bits per heavy atom. The van der Waals surface area contributed by atoms with Crippen molar-refractivity contribution in [2.24, 2.45) is 0 Å². The normalized spacial score (nSPS) is 11.0. The number of allylic oxidation sites excluding steroid dienone is 1. The fraction of sp³-hybridized carbons (Fsp3) is 0.800. The number of ether oxygens (including phenoxy) is 1. The maximum absolute atomic E-state index is 10.8. The van der Waals surface area contributed by atoms with Crippen molar-refractivity contribution in [3.8, 4) is 0 Å². The van der Waals surface area contributed by atoms with Crippen LogP contribution in [0.1, 0.15) is 64.2 Å². The lowest BCUT2D eigenvalue weighted by Crippen LogP contribution is -1.93. The van der Waals surface area contributed by atoms with Crippen molar-refractivity contribution in [1.29, 1.82) is 0 Å². The van der Waals surface area contributed by atoms with E-state index >= 15 is 0 Å². The molecule has 0 saturated heterocycles. The van der Waals surface area contributed by atoms with Crippen LogP contribution in [0.5, 0.6) is 0 Å². The van der Waals surface area contributed by atoms with Crippen LogP contribution in [0.2, 0.25) is 0 Å². The molecule has 0 aliphatic carbocycles. The highest BCUT2D eigenvalue weighted by Gasteiger charge is 1.93. The average molecular weight is 256 g/mol. The largest absolute Gasteiger partial charge is 0.466 e. The first kappa shape index (κ1) is 17.2. The fourth-order valence-corrected chi connectivity index (χ4v) is 1.86. The molecule has 18 heavy (non-hydrogen) atoms. The van der Waals surface area contributed by atoms with Gasteiger partial charge >= 0.3 is 5.97 Å². The van der Waals surface area contributed by atoms with Gasteiger partial charge in [-0.1, -0.05) is 51.0 Å². The van der Waals surface area contributed by atoms with Crippen molar-refractivity contribution in [3.05, 3.63) is 12.2 Å². The van der Waals surface area contributed by atoms with Crippen LogP contribution in [0.15, 0.2) is 12.2 Å². The van der Waals surface area contributed by atoms with Crippen molar-refractivity contribution in [2.45, 2.75) is 64.2 Å². The Morgan fingerprint density at radius 3 is 1.94 bits per heavy atom. The van der Waals surface area contributed by atoms with Crippen LogP contribution < -0.4 is 0 Å². The summed E-state index contributed by atoms with van der Waals surface area (Å²) in [7, 11) is 1.40. The maximum Gasteiger partial charge on any atom is 0.330 e. The predicted octanol–water partition coefficient (Wildman–Crippen LogP) is 3.61. The van der Waals surface area contributed by atoms with Gasteiger partial charge in [-0.25, -0.2) is 4.79 Å². The van der Waals surface area contributed by atoms with E-state index in [1.807, 2.05) is 6.08 Å². The first-order valence-electron chi connectivity index (χ1n) is 7.16. The van der Waals surface area contributed by atoms with Gasteiger partial charge in [0.05, 0.1) is 7.11 Å². The zero-order chi connectivity index (χ0) is 13.5. The molecule has 0 aliphatic heterocycles. The minimum atomic E-state index is -0.266. The van der Waals surface area contributed by atoms with Gasteiger partial charge in [-0.3, -0.25) is 0 Å². The molecule has 0 spiro atoms. The number of carbonyl (C=O) groups is 1. The van der Waals surface area contributed by atoms with Gasteiger partial charge in [0.2, 0.25) is 0 Å². The predicted molar refractivity (Wildman–Crippen MR) is 74.4 cm³/mol. The fourth-order valence-electron chi connectivity index (χ4n) is 1.86. The van der Waals surface area contributed by atoms with Crippen molar-refractivity contribution in [1.82, 2.24) is 0 Å². The second kappa shape index (κ2) is 14.2. The molecule has 0 aromatic carbocycles. The van der Waals surface area contributed by atoms with Crippen molar-refractivity contribution >= 4 is 5.97 Å². The smallest absolute Gasteiger partial charge is 0.330 e. The van der Waals surface area contributed by atoms with Crippen molar-refractivity contribution in [3.63, 3.8) is 0 Å². The molecule has 0 bridgehead atoms. The molecule has 0 aliphatic rings. The number of aliphatic hydroxyl groups excluding tert-OH is 1. The van der Waals surface area contributed by atoms with Crippen molar-refractivity contribution in [2.75, 3.05) is 13.7 Å². The molecular formula is C15H28O3. The van der Waals surface area contributed by atoms with Crippen LogP contribution in [-0.2, 0) is 9.53 Å². The topological polar surface area (TPSA) is 46.5 Å². The number of methoxy groups -OCH3 is 1. The molecule has 3 heteroatoms. The van der Waals surface area contributed by atoms with E-state index in [9.17, 15) is 4.79 Å². The second-order valence-corrected chi connectivity index (χ2v) is 4.62. The SMILES string of the molecule is COC(=O)C=CCCCCCCCCCCCO. The zero-order valence-corrected chi connectivity index (χ0v) is 11.7. The minimum absolute atomic E-state index is 0.266. The molecule has 0 atom stereocenters. The van der Waals surface area contributed by atoms with Crippen LogP contribution in [0.25, 0.3) is 0 Å². The van der Waals surface area contributed by atoms with Gasteiger partial charge in [-0.05, 0) is 19.3 Å². The van der Waals surface area contributed by atoms with E-state index in [0.29, 0.717) is 6.61 Å². The molecular weight excluding hydrogens is 228 g/mol. The molecule has 0 rings (SSSR count). The highest BCUT2D eigenvalue weighted by molar-refractivity contribution is 5.81. The standard InChI is InChI=1S/C15H28O3/c1-18-15(17)13-11-9-7-5-3-2-4-6-8-10-12-14-16/h11,13,16H,2-10,12,14H2,1H3. The van der Waals surface area contributed by atoms with E-state index in [1.54, 1.807) is 0 Å². The number of carbonyl (C=O) groups excluding carboxylic acids is 1. The van der Waals surface area contributed by atoms with Gasteiger partial charge in [-0.15, -0.1) is 0 Å². The minimum Gasteiger partial charge on any atom is -0.466 e. The molecule has 3 nitrogen and oxygen atoms in total. The van der Waals surface area contributed by atoms with Gasteiger partial charge in [0, 0.05) is 12.7 Å². The van der Waals surface area contributed by atoms with E-state index in [0.717, 1.165) is 25.7 Å². The molecule has 106 valence electrons. The second-order valence-electron chi connectivity index (χ2n) is 4.62. The molecule has 0 radical (unpaired) electrons. The van der Waals surface area contributed by atoms with Crippen molar-refractivity contribution < 1.29 is 14.6 Å². The van der Waals surface area contributed by atoms with E-state index in [4.69, 9.17) is 5.11 Å². The third kappa shape index (κ3) is 13.2. The summed E-state index contributed by atoms with van der Waals surface area (Å²) in [5.41, 5.74) is 0. The summed E-state index contributed by atoms with van der Waals surface area (Å²) in [6, 6.07) is 0. The Hall–Kier alpha value is -0.830.